The SMILES string of the molecule is BrCC=Cc1cc(Br)c2c(c1)OCCCO2. The topological polar surface area (TPSA) is 18.5 Å². The molecule has 0 unspecified atom stereocenters. The molecule has 0 bridgehead atoms. The average Bonchev–Trinajstić information content (AvgIpc) is 2.51. The molecule has 0 saturated carbocycles. The number of hydrogen-bond acceptors (Lipinski definition) is 2. The van der Waals surface area contributed by atoms with Crippen molar-refractivity contribution in [2.45, 2.75) is 6.42 Å². The summed E-state index contributed by atoms with van der Waals surface area (Å²) < 4.78 is 12.2. The molecule has 1 aliphatic heterocycles. The predicted molar refractivity (Wildman–Crippen MR) is 72.6 cm³/mol. The van der Waals surface area contributed by atoms with Crippen molar-refractivity contribution in [1.82, 2.24) is 0 Å². The monoisotopic (exact) mass is 346 g/mol. The van der Waals surface area contributed by atoms with Gasteiger partial charge in [0.2, 0.25) is 0 Å². The van der Waals surface area contributed by atoms with Gasteiger partial charge in [0.15, 0.2) is 11.5 Å². The van der Waals surface area contributed by atoms with E-state index in [4.69, 9.17) is 9.47 Å². The molecule has 0 atom stereocenters. The molecule has 0 N–H and O–H groups in total. The Balaban J connectivity index is 2.35. The first-order chi connectivity index (χ1) is 7.81. The number of hydrogen-bond donors (Lipinski definition) is 0. The number of alkyl halides is 1. The molecular formula is C12H12Br2O2. The van der Waals surface area contributed by atoms with Gasteiger partial charge < -0.3 is 9.47 Å². The third-order valence-corrected chi connectivity index (χ3v) is 3.19. The van der Waals surface area contributed by atoms with Crippen molar-refractivity contribution in [3.05, 3.63) is 28.2 Å². The minimum Gasteiger partial charge on any atom is -0.489 e. The fraction of sp³-hybridized carbons (Fsp3) is 0.333. The molecule has 4 heteroatoms. The Morgan fingerprint density at radius 3 is 2.88 bits per heavy atom. The summed E-state index contributed by atoms with van der Waals surface area (Å²) in [6.07, 6.45) is 5.02. The highest BCUT2D eigenvalue weighted by Gasteiger charge is 2.14. The van der Waals surface area contributed by atoms with E-state index in [-0.39, 0.29) is 0 Å². The van der Waals surface area contributed by atoms with Crippen LogP contribution in [0.25, 0.3) is 6.08 Å². The molecule has 0 fully saturated rings. The molecule has 0 aromatic heterocycles. The summed E-state index contributed by atoms with van der Waals surface area (Å²) in [6.45, 7) is 1.42. The first kappa shape index (κ1) is 12.0. The molecule has 1 aromatic carbocycles. The second-order valence-electron chi connectivity index (χ2n) is 3.44. The van der Waals surface area contributed by atoms with Gasteiger partial charge >= 0.3 is 0 Å². The third kappa shape index (κ3) is 2.80. The van der Waals surface area contributed by atoms with Crippen LogP contribution in [0.1, 0.15) is 12.0 Å². The number of fused-ring (bicyclic) bond motifs is 1. The normalized spacial score (nSPS) is 15.1. The Labute approximate surface area is 112 Å². The van der Waals surface area contributed by atoms with Gasteiger partial charge in [-0.2, -0.15) is 0 Å². The van der Waals surface area contributed by atoms with Gasteiger partial charge in [-0.1, -0.05) is 28.1 Å². The summed E-state index contributed by atoms with van der Waals surface area (Å²) in [5.74, 6) is 1.63. The Morgan fingerprint density at radius 1 is 1.25 bits per heavy atom. The van der Waals surface area contributed by atoms with Crippen molar-refractivity contribution >= 4 is 37.9 Å². The van der Waals surface area contributed by atoms with E-state index in [1.54, 1.807) is 0 Å². The Hall–Kier alpha value is -0.480. The van der Waals surface area contributed by atoms with Crippen molar-refractivity contribution in [2.24, 2.45) is 0 Å². The fourth-order valence-corrected chi connectivity index (χ4v) is 2.29. The second kappa shape index (κ2) is 5.73. The van der Waals surface area contributed by atoms with E-state index in [2.05, 4.69) is 31.9 Å². The van der Waals surface area contributed by atoms with E-state index in [0.717, 1.165) is 33.3 Å². The highest BCUT2D eigenvalue weighted by atomic mass is 79.9. The Morgan fingerprint density at radius 2 is 2.06 bits per heavy atom. The number of halogens is 2. The van der Waals surface area contributed by atoms with Crippen molar-refractivity contribution in [3.8, 4) is 11.5 Å². The maximum absolute atomic E-state index is 5.65. The number of ether oxygens (including phenoxy) is 2. The predicted octanol–water partition coefficient (Wildman–Crippen LogP) is 4.02. The van der Waals surface area contributed by atoms with E-state index >= 15 is 0 Å². The molecule has 86 valence electrons. The zero-order valence-electron chi connectivity index (χ0n) is 8.71. The van der Waals surface area contributed by atoms with E-state index < -0.39 is 0 Å². The van der Waals surface area contributed by atoms with Gasteiger partial charge in [0, 0.05) is 11.8 Å². The van der Waals surface area contributed by atoms with Crippen LogP contribution in [-0.4, -0.2) is 18.5 Å². The molecule has 0 radical (unpaired) electrons. The lowest BCUT2D eigenvalue weighted by Crippen LogP contribution is -1.97. The maximum Gasteiger partial charge on any atom is 0.175 e. The summed E-state index contributed by atoms with van der Waals surface area (Å²) in [5, 5.41) is 0.846. The van der Waals surface area contributed by atoms with Gasteiger partial charge in [0.05, 0.1) is 17.7 Å². The Kier molecular flexibility index (Phi) is 4.29. The lowest BCUT2D eigenvalue weighted by molar-refractivity contribution is 0.296. The highest BCUT2D eigenvalue weighted by Crippen LogP contribution is 2.38. The van der Waals surface area contributed by atoms with E-state index in [1.807, 2.05) is 24.3 Å². The first-order valence-corrected chi connectivity index (χ1v) is 7.04. The maximum atomic E-state index is 5.65. The van der Waals surface area contributed by atoms with E-state index in [1.165, 1.54) is 0 Å². The van der Waals surface area contributed by atoms with Gasteiger partial charge in [-0.3, -0.25) is 0 Å². The molecule has 0 aliphatic carbocycles. The minimum atomic E-state index is 0.711. The van der Waals surface area contributed by atoms with Crippen LogP contribution in [0.5, 0.6) is 11.5 Å². The van der Waals surface area contributed by atoms with Crippen LogP contribution in [0.3, 0.4) is 0 Å². The molecule has 2 nitrogen and oxygen atoms in total. The lowest BCUT2D eigenvalue weighted by Gasteiger charge is -2.10. The zero-order valence-corrected chi connectivity index (χ0v) is 11.9. The van der Waals surface area contributed by atoms with Crippen LogP contribution in [-0.2, 0) is 0 Å². The van der Waals surface area contributed by atoms with Gasteiger partial charge in [-0.25, -0.2) is 0 Å². The van der Waals surface area contributed by atoms with Crippen LogP contribution in [0.15, 0.2) is 22.7 Å². The highest BCUT2D eigenvalue weighted by molar-refractivity contribution is 9.10. The van der Waals surface area contributed by atoms with Gasteiger partial charge in [-0.15, -0.1) is 0 Å². The standard InChI is InChI=1S/C12H12Br2O2/c13-4-1-3-9-7-10(14)12-11(8-9)15-5-2-6-16-12/h1,3,7-8H,2,4-6H2. The van der Waals surface area contributed by atoms with Crippen LogP contribution < -0.4 is 9.47 Å². The Bertz CT molecular complexity index is 402. The summed E-state index contributed by atoms with van der Waals surface area (Å²) in [5.41, 5.74) is 1.11. The summed E-state index contributed by atoms with van der Waals surface area (Å²) in [7, 11) is 0. The molecule has 16 heavy (non-hydrogen) atoms. The quantitative estimate of drug-likeness (QED) is 0.752. The molecule has 0 saturated heterocycles. The first-order valence-electron chi connectivity index (χ1n) is 5.13. The van der Waals surface area contributed by atoms with Crippen LogP contribution >= 0.6 is 31.9 Å². The lowest BCUT2D eigenvalue weighted by atomic mass is 10.2. The summed E-state index contributed by atoms with van der Waals surface area (Å²) in [6, 6.07) is 4.04. The number of allylic oxidation sites excluding steroid dienone is 1. The summed E-state index contributed by atoms with van der Waals surface area (Å²) >= 11 is 6.87. The van der Waals surface area contributed by atoms with Crippen molar-refractivity contribution < 1.29 is 9.47 Å². The van der Waals surface area contributed by atoms with Gasteiger partial charge in [0.25, 0.3) is 0 Å². The number of rotatable bonds is 2. The van der Waals surface area contributed by atoms with Crippen LogP contribution in [0.2, 0.25) is 0 Å². The third-order valence-electron chi connectivity index (χ3n) is 2.22. The molecule has 1 heterocycles. The van der Waals surface area contributed by atoms with Gasteiger partial charge in [-0.05, 0) is 33.6 Å². The molecule has 0 spiro atoms. The molecule has 2 rings (SSSR count). The molecule has 1 aromatic rings. The second-order valence-corrected chi connectivity index (χ2v) is 4.94. The molecule has 0 amide bonds. The van der Waals surface area contributed by atoms with Crippen LogP contribution in [0.4, 0.5) is 0 Å². The number of benzene rings is 1. The van der Waals surface area contributed by atoms with Crippen LogP contribution in [0, 0.1) is 0 Å². The van der Waals surface area contributed by atoms with Crippen molar-refractivity contribution in [1.29, 1.82) is 0 Å². The van der Waals surface area contributed by atoms with Crippen molar-refractivity contribution in [2.75, 3.05) is 18.5 Å². The van der Waals surface area contributed by atoms with Crippen molar-refractivity contribution in [3.63, 3.8) is 0 Å². The summed E-state index contributed by atoms with van der Waals surface area (Å²) in [4.78, 5) is 0. The molecule has 1 aliphatic rings. The zero-order chi connectivity index (χ0) is 11.4. The molecular weight excluding hydrogens is 336 g/mol. The van der Waals surface area contributed by atoms with Gasteiger partial charge in [0.1, 0.15) is 0 Å². The van der Waals surface area contributed by atoms with E-state index in [0.29, 0.717) is 13.2 Å². The smallest absolute Gasteiger partial charge is 0.175 e. The average molecular weight is 348 g/mol. The largest absolute Gasteiger partial charge is 0.489 e. The fourth-order valence-electron chi connectivity index (χ4n) is 1.53. The van der Waals surface area contributed by atoms with E-state index in [9.17, 15) is 0 Å². The minimum absolute atomic E-state index is 0.711.